The molecule has 2 N–H and O–H groups in total. The Bertz CT molecular complexity index is 1460. The fraction of sp³-hybridized carbons (Fsp3) is 0.0455. The van der Waals surface area contributed by atoms with Crippen LogP contribution in [0.5, 0.6) is 5.75 Å². The van der Waals surface area contributed by atoms with Crippen LogP contribution in [0.15, 0.2) is 65.2 Å². The van der Waals surface area contributed by atoms with Crippen molar-refractivity contribution in [2.75, 3.05) is 4.90 Å². The number of Topliss-reactive ketones (excluding diaryl/α,β-unsaturated/α-hetero) is 1. The third-order valence-corrected chi connectivity index (χ3v) is 6.82. The molecule has 3 amide bonds. The maximum Gasteiger partial charge on any atom is 0.304 e. The highest BCUT2D eigenvalue weighted by atomic mass is 32.1. The topological polar surface area (TPSA) is 142 Å². The summed E-state index contributed by atoms with van der Waals surface area (Å²) in [5, 5.41) is 15.6. The van der Waals surface area contributed by atoms with Crippen LogP contribution in [0.1, 0.15) is 21.3 Å². The summed E-state index contributed by atoms with van der Waals surface area (Å²) in [7, 11) is 0. The van der Waals surface area contributed by atoms with Crippen molar-refractivity contribution in [1.29, 1.82) is 0 Å². The minimum Gasteiger partial charge on any atom is -0.507 e. The van der Waals surface area contributed by atoms with E-state index in [1.54, 1.807) is 41.8 Å². The molecule has 1 fully saturated rings. The van der Waals surface area contributed by atoms with Crippen LogP contribution in [0, 0.1) is 0 Å². The molecule has 4 aromatic rings. The van der Waals surface area contributed by atoms with Crippen LogP contribution in [0.2, 0.25) is 0 Å². The van der Waals surface area contributed by atoms with Gasteiger partial charge in [0.15, 0.2) is 5.13 Å². The number of anilines is 1. The molecule has 0 aliphatic carbocycles. The monoisotopic (exact) mass is 491 g/mol. The zero-order valence-corrected chi connectivity index (χ0v) is 18.7. The number of benzene rings is 2. The molecule has 168 valence electrons. The number of nitrogens with one attached hydrogen (secondary N) is 1. The van der Waals surface area contributed by atoms with Gasteiger partial charge in [-0.3, -0.25) is 19.2 Å². The molecule has 5 rings (SSSR count). The van der Waals surface area contributed by atoms with Crippen molar-refractivity contribution in [2.45, 2.75) is 5.92 Å². The van der Waals surface area contributed by atoms with Gasteiger partial charge in [0.05, 0.1) is 15.8 Å². The first kappa shape index (κ1) is 21.6. The zero-order valence-electron chi connectivity index (χ0n) is 17.0. The molecule has 1 unspecified atom stereocenters. The van der Waals surface area contributed by atoms with Gasteiger partial charge in [0.25, 0.3) is 11.8 Å². The molecule has 2 aromatic carbocycles. The molecule has 0 spiro atoms. The molecule has 1 saturated heterocycles. The third-order valence-electron chi connectivity index (χ3n) is 4.97. The van der Waals surface area contributed by atoms with Crippen LogP contribution in [0.4, 0.5) is 5.13 Å². The molecule has 1 aliphatic rings. The average molecular weight is 492 g/mol. The Morgan fingerprint density at radius 2 is 1.82 bits per heavy atom. The van der Waals surface area contributed by atoms with Gasteiger partial charge in [-0.25, -0.2) is 20.3 Å². The number of amides is 3. The molecule has 1 atom stereocenters. The van der Waals surface area contributed by atoms with Crippen molar-refractivity contribution < 1.29 is 24.3 Å². The van der Waals surface area contributed by atoms with E-state index in [0.29, 0.717) is 10.4 Å². The number of ketones is 1. The fourth-order valence-corrected chi connectivity index (χ4v) is 5.09. The summed E-state index contributed by atoms with van der Waals surface area (Å²) in [5.74, 6) is -5.38. The molecule has 0 saturated carbocycles. The number of aromatic hydroxyl groups is 1. The van der Waals surface area contributed by atoms with Gasteiger partial charge in [-0.2, -0.15) is 5.10 Å². The number of phenols is 1. The van der Waals surface area contributed by atoms with Gasteiger partial charge in [0, 0.05) is 11.6 Å². The average Bonchev–Trinajstić information content (AvgIpc) is 3.51. The lowest BCUT2D eigenvalue weighted by Gasteiger charge is -2.27. The standard InChI is InChI=1S/C22H13N5O5S2/c28-13-7-3-1-5-11(13)18(30)26-25-16-15(19-24-12-6-2-4-8-14(12)34-19)17(29)21(32)27(20(16)31)22-23-9-10-33-22/h1-10,15,28H,(H,26,30)/b25-16+. The van der Waals surface area contributed by atoms with Crippen molar-refractivity contribution >= 4 is 67.2 Å². The quantitative estimate of drug-likeness (QED) is 0.254. The zero-order chi connectivity index (χ0) is 23.8. The van der Waals surface area contributed by atoms with Gasteiger partial charge < -0.3 is 5.11 Å². The molecule has 1 aliphatic heterocycles. The predicted octanol–water partition coefficient (Wildman–Crippen LogP) is 2.47. The maximum atomic E-state index is 13.4. The number of hydrazone groups is 1. The van der Waals surface area contributed by atoms with Crippen LogP contribution in [0.25, 0.3) is 10.2 Å². The molecular weight excluding hydrogens is 478 g/mol. The molecule has 34 heavy (non-hydrogen) atoms. The second-order valence-corrected chi connectivity index (χ2v) is 8.97. The van der Waals surface area contributed by atoms with E-state index in [9.17, 15) is 24.3 Å². The highest BCUT2D eigenvalue weighted by Crippen LogP contribution is 2.34. The molecule has 10 nitrogen and oxygen atoms in total. The predicted molar refractivity (Wildman–Crippen MR) is 125 cm³/mol. The van der Waals surface area contributed by atoms with Crippen molar-refractivity contribution in [2.24, 2.45) is 5.10 Å². The summed E-state index contributed by atoms with van der Waals surface area (Å²) in [6.45, 7) is 0. The van der Waals surface area contributed by atoms with Crippen molar-refractivity contribution in [3.8, 4) is 5.75 Å². The van der Waals surface area contributed by atoms with E-state index in [0.717, 1.165) is 27.4 Å². The smallest absolute Gasteiger partial charge is 0.304 e. The van der Waals surface area contributed by atoms with Gasteiger partial charge in [-0.05, 0) is 24.3 Å². The number of imide groups is 1. The molecule has 3 heterocycles. The Kier molecular flexibility index (Phi) is 5.43. The number of nitrogens with zero attached hydrogens (tertiary/aromatic N) is 4. The lowest BCUT2D eigenvalue weighted by Crippen LogP contribution is -2.55. The summed E-state index contributed by atoms with van der Waals surface area (Å²) in [6.07, 6.45) is 1.39. The lowest BCUT2D eigenvalue weighted by atomic mass is 9.92. The largest absolute Gasteiger partial charge is 0.507 e. The highest BCUT2D eigenvalue weighted by molar-refractivity contribution is 7.19. The SMILES string of the molecule is O=C(N/N=C1/C(=O)N(c2nccs2)C(=O)C(=O)C1c1nc2ccccc2s1)c1ccccc1O. The van der Waals surface area contributed by atoms with Crippen LogP contribution in [-0.4, -0.2) is 44.3 Å². The first-order valence-electron chi connectivity index (χ1n) is 9.79. The van der Waals surface area contributed by atoms with E-state index in [4.69, 9.17) is 0 Å². The first-order chi connectivity index (χ1) is 16.5. The summed E-state index contributed by atoms with van der Waals surface area (Å²) >= 11 is 2.14. The molecule has 0 bridgehead atoms. The number of carbonyl (C=O) groups is 4. The Labute approximate surface area is 199 Å². The summed E-state index contributed by atoms with van der Waals surface area (Å²) in [4.78, 5) is 61.1. The molecule has 0 radical (unpaired) electrons. The molecule has 2 aromatic heterocycles. The Balaban J connectivity index is 1.59. The fourth-order valence-electron chi connectivity index (χ4n) is 3.38. The number of piperidine rings is 1. The molecular formula is C22H13N5O5S2. The number of para-hydroxylation sites is 2. The van der Waals surface area contributed by atoms with E-state index in [1.807, 2.05) is 0 Å². The van der Waals surface area contributed by atoms with Crippen molar-refractivity contribution in [3.63, 3.8) is 0 Å². The summed E-state index contributed by atoms with van der Waals surface area (Å²) in [5.41, 5.74) is 2.34. The Hall–Kier alpha value is -4.29. The highest BCUT2D eigenvalue weighted by Gasteiger charge is 2.49. The van der Waals surface area contributed by atoms with Gasteiger partial charge in [-0.15, -0.1) is 22.7 Å². The van der Waals surface area contributed by atoms with Crippen molar-refractivity contribution in [1.82, 2.24) is 15.4 Å². The van der Waals surface area contributed by atoms with E-state index in [2.05, 4.69) is 20.5 Å². The summed E-state index contributed by atoms with van der Waals surface area (Å²) < 4.78 is 0.755. The number of hydrogen-bond acceptors (Lipinski definition) is 10. The van der Waals surface area contributed by atoms with E-state index >= 15 is 0 Å². The van der Waals surface area contributed by atoms with Gasteiger partial charge >= 0.3 is 5.91 Å². The van der Waals surface area contributed by atoms with Crippen LogP contribution < -0.4 is 10.3 Å². The van der Waals surface area contributed by atoms with E-state index < -0.39 is 29.4 Å². The number of aromatic nitrogens is 2. The molecule has 12 heteroatoms. The second-order valence-electron chi connectivity index (χ2n) is 7.03. The normalized spacial score (nSPS) is 17.5. The Morgan fingerprint density at radius 3 is 2.56 bits per heavy atom. The second kappa shape index (κ2) is 8.57. The third kappa shape index (κ3) is 3.64. The van der Waals surface area contributed by atoms with Crippen molar-refractivity contribution in [3.05, 3.63) is 70.7 Å². The van der Waals surface area contributed by atoms with Crippen LogP contribution in [-0.2, 0) is 14.4 Å². The Morgan fingerprint density at radius 1 is 1.06 bits per heavy atom. The number of fused-ring (bicyclic) bond motifs is 1. The minimum atomic E-state index is -1.40. The number of rotatable bonds is 4. The first-order valence-corrected chi connectivity index (χ1v) is 11.5. The van der Waals surface area contributed by atoms with Gasteiger partial charge in [-0.1, -0.05) is 24.3 Å². The minimum absolute atomic E-state index is 0.00540. The van der Waals surface area contributed by atoms with Crippen LogP contribution in [0.3, 0.4) is 0 Å². The summed E-state index contributed by atoms with van der Waals surface area (Å²) in [6, 6.07) is 12.9. The number of hydrogen-bond donors (Lipinski definition) is 2. The number of thiazole rings is 2. The van der Waals surface area contributed by atoms with E-state index in [-0.39, 0.29) is 27.2 Å². The number of phenolic OH excluding ortho intramolecular Hbond substituents is 1. The number of carbonyl (C=O) groups excluding carboxylic acids is 4. The van der Waals surface area contributed by atoms with Crippen LogP contribution >= 0.6 is 22.7 Å². The lowest BCUT2D eigenvalue weighted by molar-refractivity contribution is -0.139. The van der Waals surface area contributed by atoms with Gasteiger partial charge in [0.2, 0.25) is 5.78 Å². The van der Waals surface area contributed by atoms with E-state index in [1.165, 1.54) is 18.3 Å². The maximum absolute atomic E-state index is 13.4. The van der Waals surface area contributed by atoms with Gasteiger partial charge in [0.1, 0.15) is 22.4 Å².